The summed E-state index contributed by atoms with van der Waals surface area (Å²) in [4.78, 5) is 25.3. The molecule has 0 bridgehead atoms. The first-order valence-electron chi connectivity index (χ1n) is 7.23. The average molecular weight is 289 g/mol. The fourth-order valence-corrected chi connectivity index (χ4v) is 2.46. The van der Waals surface area contributed by atoms with Crippen LogP contribution in [0.2, 0.25) is 0 Å². The van der Waals surface area contributed by atoms with Crippen LogP contribution < -0.4 is 20.3 Å². The number of hydrogen-bond acceptors (Lipinski definition) is 3. The monoisotopic (exact) mass is 289 g/mol. The molecule has 3 rings (SSSR count). The number of carbonyl (C=O) groups is 2. The number of amides is 3. The summed E-state index contributed by atoms with van der Waals surface area (Å²) >= 11 is 0. The number of anilines is 2. The predicted octanol–water partition coefficient (Wildman–Crippen LogP) is 2.11. The second-order valence-corrected chi connectivity index (χ2v) is 5.41. The fraction of sp³-hybridized carbons (Fsp3) is 0.467. The smallest absolute Gasteiger partial charge is 0.319 e. The standard InChI is InChI=1S/C15H19N3O3/c1-21-13-9-11(17-15(20)16-10-4-5-10)6-7-12(13)18-8-2-3-14(18)19/h6-7,9-10H,2-5,8H2,1H3,(H2,16,17,20). The second kappa shape index (κ2) is 5.63. The number of rotatable bonds is 4. The van der Waals surface area contributed by atoms with Gasteiger partial charge >= 0.3 is 6.03 Å². The third-order valence-electron chi connectivity index (χ3n) is 3.71. The molecule has 0 spiro atoms. The van der Waals surface area contributed by atoms with Gasteiger partial charge in [0.15, 0.2) is 0 Å². The molecule has 1 heterocycles. The first-order valence-corrected chi connectivity index (χ1v) is 7.23. The van der Waals surface area contributed by atoms with Crippen LogP contribution >= 0.6 is 0 Å². The maximum atomic E-state index is 11.8. The van der Waals surface area contributed by atoms with Crippen molar-refractivity contribution in [2.75, 3.05) is 23.9 Å². The van der Waals surface area contributed by atoms with Gasteiger partial charge in [0.1, 0.15) is 5.75 Å². The zero-order valence-electron chi connectivity index (χ0n) is 12.0. The maximum absolute atomic E-state index is 11.8. The lowest BCUT2D eigenvalue weighted by Gasteiger charge is -2.19. The Hall–Kier alpha value is -2.24. The Morgan fingerprint density at radius 1 is 1.38 bits per heavy atom. The van der Waals surface area contributed by atoms with Crippen molar-refractivity contribution in [3.05, 3.63) is 18.2 Å². The molecular weight excluding hydrogens is 270 g/mol. The van der Waals surface area contributed by atoms with Gasteiger partial charge in [0, 0.05) is 30.8 Å². The SMILES string of the molecule is COc1cc(NC(=O)NC2CC2)ccc1N1CCCC1=O. The quantitative estimate of drug-likeness (QED) is 0.891. The summed E-state index contributed by atoms with van der Waals surface area (Å²) in [5, 5.41) is 5.64. The number of nitrogens with one attached hydrogen (secondary N) is 2. The van der Waals surface area contributed by atoms with E-state index in [9.17, 15) is 9.59 Å². The topological polar surface area (TPSA) is 70.7 Å². The van der Waals surface area contributed by atoms with Crippen molar-refractivity contribution < 1.29 is 14.3 Å². The Balaban J connectivity index is 1.74. The number of hydrogen-bond donors (Lipinski definition) is 2. The van der Waals surface area contributed by atoms with Gasteiger partial charge < -0.3 is 20.3 Å². The first kappa shape index (κ1) is 13.7. The van der Waals surface area contributed by atoms with Crippen LogP contribution in [0.5, 0.6) is 5.75 Å². The summed E-state index contributed by atoms with van der Waals surface area (Å²) < 4.78 is 5.36. The molecule has 1 aromatic carbocycles. The molecule has 112 valence electrons. The van der Waals surface area contributed by atoms with Gasteiger partial charge in [-0.05, 0) is 31.4 Å². The van der Waals surface area contributed by atoms with E-state index in [0.717, 1.165) is 24.9 Å². The molecule has 21 heavy (non-hydrogen) atoms. The van der Waals surface area contributed by atoms with Gasteiger partial charge in [0.05, 0.1) is 12.8 Å². The summed E-state index contributed by atoms with van der Waals surface area (Å²) in [5.74, 6) is 0.704. The van der Waals surface area contributed by atoms with Gasteiger partial charge in [-0.25, -0.2) is 4.79 Å². The summed E-state index contributed by atoms with van der Waals surface area (Å²) in [7, 11) is 1.56. The summed E-state index contributed by atoms with van der Waals surface area (Å²) in [5.41, 5.74) is 1.41. The minimum absolute atomic E-state index is 0.112. The van der Waals surface area contributed by atoms with E-state index in [-0.39, 0.29) is 11.9 Å². The second-order valence-electron chi connectivity index (χ2n) is 5.41. The molecule has 0 aromatic heterocycles. The van der Waals surface area contributed by atoms with Gasteiger partial charge in [-0.3, -0.25) is 4.79 Å². The van der Waals surface area contributed by atoms with E-state index in [4.69, 9.17) is 4.74 Å². The molecule has 0 radical (unpaired) electrons. The lowest BCUT2D eigenvalue weighted by atomic mass is 10.2. The third-order valence-corrected chi connectivity index (χ3v) is 3.71. The normalized spacial score (nSPS) is 17.8. The number of benzene rings is 1. The van der Waals surface area contributed by atoms with Crippen molar-refractivity contribution >= 4 is 23.3 Å². The lowest BCUT2D eigenvalue weighted by Crippen LogP contribution is -2.30. The highest BCUT2D eigenvalue weighted by molar-refractivity contribution is 5.97. The van der Waals surface area contributed by atoms with Gasteiger partial charge in [0.25, 0.3) is 0 Å². The molecule has 6 heteroatoms. The Morgan fingerprint density at radius 3 is 2.81 bits per heavy atom. The van der Waals surface area contributed by atoms with Crippen LogP contribution in [0.1, 0.15) is 25.7 Å². The van der Waals surface area contributed by atoms with E-state index in [1.165, 1.54) is 0 Å². The molecule has 1 saturated heterocycles. The van der Waals surface area contributed by atoms with E-state index in [1.807, 2.05) is 6.07 Å². The van der Waals surface area contributed by atoms with E-state index >= 15 is 0 Å². The van der Waals surface area contributed by atoms with Crippen molar-refractivity contribution in [3.8, 4) is 5.75 Å². The van der Waals surface area contributed by atoms with Crippen LogP contribution in [0.25, 0.3) is 0 Å². The van der Waals surface area contributed by atoms with Crippen LogP contribution in [-0.2, 0) is 4.79 Å². The van der Waals surface area contributed by atoms with Crippen molar-refractivity contribution in [2.45, 2.75) is 31.7 Å². The van der Waals surface area contributed by atoms with Gasteiger partial charge in [-0.1, -0.05) is 0 Å². The number of urea groups is 1. The van der Waals surface area contributed by atoms with Crippen LogP contribution in [0.3, 0.4) is 0 Å². The summed E-state index contributed by atoms with van der Waals surface area (Å²) in [6, 6.07) is 5.45. The van der Waals surface area contributed by atoms with Crippen molar-refractivity contribution in [3.63, 3.8) is 0 Å². The van der Waals surface area contributed by atoms with E-state index in [1.54, 1.807) is 24.1 Å². The summed E-state index contributed by atoms with van der Waals surface area (Å²) in [6.07, 6.45) is 3.54. The molecule has 3 amide bonds. The molecule has 1 aliphatic carbocycles. The van der Waals surface area contributed by atoms with Crippen molar-refractivity contribution in [1.29, 1.82) is 0 Å². The van der Waals surface area contributed by atoms with Crippen LogP contribution in [0.15, 0.2) is 18.2 Å². The third kappa shape index (κ3) is 3.09. The molecule has 1 aliphatic heterocycles. The Morgan fingerprint density at radius 2 is 2.19 bits per heavy atom. The Kier molecular flexibility index (Phi) is 3.68. The Bertz CT molecular complexity index is 569. The number of ether oxygens (including phenoxy) is 1. The van der Waals surface area contributed by atoms with E-state index < -0.39 is 0 Å². The van der Waals surface area contributed by atoms with Crippen molar-refractivity contribution in [1.82, 2.24) is 5.32 Å². The van der Waals surface area contributed by atoms with Gasteiger partial charge in [-0.2, -0.15) is 0 Å². The molecular formula is C15H19N3O3. The van der Waals surface area contributed by atoms with Gasteiger partial charge in [-0.15, -0.1) is 0 Å². The molecule has 1 saturated carbocycles. The van der Waals surface area contributed by atoms with E-state index in [2.05, 4.69) is 10.6 Å². The molecule has 0 atom stereocenters. The molecule has 2 fully saturated rings. The minimum Gasteiger partial charge on any atom is -0.494 e. The highest BCUT2D eigenvalue weighted by Crippen LogP contribution is 2.33. The van der Waals surface area contributed by atoms with Crippen LogP contribution in [0.4, 0.5) is 16.2 Å². The zero-order chi connectivity index (χ0) is 14.8. The number of nitrogens with zero attached hydrogens (tertiary/aromatic N) is 1. The number of carbonyl (C=O) groups excluding carboxylic acids is 2. The first-order chi connectivity index (χ1) is 10.2. The van der Waals surface area contributed by atoms with Crippen molar-refractivity contribution in [2.24, 2.45) is 0 Å². The highest BCUT2D eigenvalue weighted by Gasteiger charge is 2.25. The van der Waals surface area contributed by atoms with Crippen LogP contribution in [0, 0.1) is 0 Å². The largest absolute Gasteiger partial charge is 0.494 e. The highest BCUT2D eigenvalue weighted by atomic mass is 16.5. The average Bonchev–Trinajstić information content (AvgIpc) is 3.18. The minimum atomic E-state index is -0.204. The summed E-state index contributed by atoms with van der Waals surface area (Å²) in [6.45, 7) is 0.712. The molecule has 1 aromatic rings. The van der Waals surface area contributed by atoms with Crippen LogP contribution in [-0.4, -0.2) is 31.6 Å². The maximum Gasteiger partial charge on any atom is 0.319 e. The van der Waals surface area contributed by atoms with E-state index in [0.29, 0.717) is 30.4 Å². The molecule has 0 unspecified atom stereocenters. The zero-order valence-corrected chi connectivity index (χ0v) is 12.0. The molecule has 2 aliphatic rings. The molecule has 6 nitrogen and oxygen atoms in total. The number of methoxy groups -OCH3 is 1. The fourth-order valence-electron chi connectivity index (χ4n) is 2.46. The molecule has 2 N–H and O–H groups in total. The predicted molar refractivity (Wildman–Crippen MR) is 79.8 cm³/mol. The Labute approximate surface area is 123 Å². The lowest BCUT2D eigenvalue weighted by molar-refractivity contribution is -0.117. The van der Waals surface area contributed by atoms with Gasteiger partial charge in [0.2, 0.25) is 5.91 Å².